The molecule has 0 saturated carbocycles. The summed E-state index contributed by atoms with van der Waals surface area (Å²) in [5.74, 6) is -1.69. The SMILES string of the molecule is C=CCOC(=O)NCC(=O)NCCCC[C@H](NC(=O)OCC1c2ccccc2-c2ccccc21)C(=O)O. The third-order valence-corrected chi connectivity index (χ3v) is 5.90. The summed E-state index contributed by atoms with van der Waals surface area (Å²) in [6.07, 6.45) is 0.989. The maximum atomic E-state index is 12.4. The number of carboxylic acid groups (broad SMARTS) is 1. The Balaban J connectivity index is 1.38. The monoisotopic (exact) mass is 509 g/mol. The van der Waals surface area contributed by atoms with Gasteiger partial charge in [-0.25, -0.2) is 14.4 Å². The number of amides is 3. The summed E-state index contributed by atoms with van der Waals surface area (Å²) in [7, 11) is 0. The average Bonchev–Trinajstić information content (AvgIpc) is 3.22. The molecule has 0 radical (unpaired) electrons. The summed E-state index contributed by atoms with van der Waals surface area (Å²) in [4.78, 5) is 47.0. The predicted octanol–water partition coefficient (Wildman–Crippen LogP) is 3.18. The molecule has 1 aliphatic carbocycles. The zero-order valence-electron chi connectivity index (χ0n) is 20.4. The van der Waals surface area contributed by atoms with Crippen LogP contribution < -0.4 is 16.0 Å². The van der Waals surface area contributed by atoms with E-state index in [1.54, 1.807) is 0 Å². The van der Waals surface area contributed by atoms with Crippen molar-refractivity contribution in [2.45, 2.75) is 31.2 Å². The average molecular weight is 510 g/mol. The first-order valence-corrected chi connectivity index (χ1v) is 12.0. The summed E-state index contributed by atoms with van der Waals surface area (Å²) in [6, 6.07) is 14.8. The van der Waals surface area contributed by atoms with Crippen LogP contribution in [-0.4, -0.2) is 61.5 Å². The Morgan fingerprint density at radius 3 is 2.19 bits per heavy atom. The van der Waals surface area contributed by atoms with Crippen molar-refractivity contribution in [2.24, 2.45) is 0 Å². The van der Waals surface area contributed by atoms with Crippen LogP contribution in [-0.2, 0) is 19.1 Å². The van der Waals surface area contributed by atoms with Gasteiger partial charge in [0, 0.05) is 12.5 Å². The number of benzene rings is 2. The molecular weight excluding hydrogens is 478 g/mol. The van der Waals surface area contributed by atoms with Crippen LogP contribution in [0.3, 0.4) is 0 Å². The molecule has 0 unspecified atom stereocenters. The highest BCUT2D eigenvalue weighted by molar-refractivity contribution is 5.82. The molecule has 37 heavy (non-hydrogen) atoms. The summed E-state index contributed by atoms with van der Waals surface area (Å²) in [6.45, 7) is 3.60. The first kappa shape index (κ1) is 27.3. The molecule has 10 nitrogen and oxygen atoms in total. The minimum absolute atomic E-state index is 0.0439. The number of alkyl carbamates (subject to hydrolysis) is 2. The number of unbranched alkanes of at least 4 members (excludes halogenated alkanes) is 1. The van der Waals surface area contributed by atoms with Crippen molar-refractivity contribution in [1.82, 2.24) is 16.0 Å². The zero-order chi connectivity index (χ0) is 26.6. The molecule has 0 bridgehead atoms. The molecule has 0 fully saturated rings. The molecule has 3 rings (SSSR count). The molecule has 4 N–H and O–H groups in total. The summed E-state index contributed by atoms with van der Waals surface area (Å²) < 4.78 is 10.1. The molecule has 0 saturated heterocycles. The van der Waals surface area contributed by atoms with E-state index in [1.165, 1.54) is 6.08 Å². The Bertz CT molecular complexity index is 1090. The molecule has 3 amide bonds. The smallest absolute Gasteiger partial charge is 0.407 e. The van der Waals surface area contributed by atoms with E-state index < -0.39 is 30.1 Å². The number of hydrogen-bond acceptors (Lipinski definition) is 6. The number of aliphatic carboxylic acids is 1. The third kappa shape index (κ3) is 7.83. The van der Waals surface area contributed by atoms with Crippen LogP contribution in [0.25, 0.3) is 11.1 Å². The van der Waals surface area contributed by atoms with E-state index in [0.29, 0.717) is 19.4 Å². The van der Waals surface area contributed by atoms with E-state index >= 15 is 0 Å². The lowest BCUT2D eigenvalue weighted by Crippen LogP contribution is -2.41. The number of nitrogens with one attached hydrogen (secondary N) is 3. The number of carbonyl (C=O) groups excluding carboxylic acids is 3. The molecule has 10 heteroatoms. The minimum atomic E-state index is -1.17. The van der Waals surface area contributed by atoms with Gasteiger partial charge in [0.25, 0.3) is 0 Å². The highest BCUT2D eigenvalue weighted by atomic mass is 16.6. The molecule has 2 aromatic rings. The van der Waals surface area contributed by atoms with Crippen molar-refractivity contribution in [3.8, 4) is 11.1 Å². The first-order valence-electron chi connectivity index (χ1n) is 12.0. The second kappa shape index (κ2) is 13.7. The van der Waals surface area contributed by atoms with Gasteiger partial charge in [0.2, 0.25) is 5.91 Å². The molecule has 1 aliphatic rings. The first-order chi connectivity index (χ1) is 17.9. The van der Waals surface area contributed by atoms with Crippen LogP contribution in [0, 0.1) is 0 Å². The van der Waals surface area contributed by atoms with Crippen molar-refractivity contribution in [3.05, 3.63) is 72.3 Å². The number of carbonyl (C=O) groups is 4. The van der Waals surface area contributed by atoms with Crippen LogP contribution in [0.5, 0.6) is 0 Å². The Labute approximate surface area is 215 Å². The fourth-order valence-corrected chi connectivity index (χ4v) is 4.14. The topological polar surface area (TPSA) is 143 Å². The quantitative estimate of drug-likeness (QED) is 0.240. The lowest BCUT2D eigenvalue weighted by atomic mass is 9.98. The minimum Gasteiger partial charge on any atom is -0.480 e. The van der Waals surface area contributed by atoms with E-state index in [2.05, 4.69) is 22.5 Å². The highest BCUT2D eigenvalue weighted by Gasteiger charge is 2.29. The molecule has 0 heterocycles. The van der Waals surface area contributed by atoms with Crippen LogP contribution in [0.2, 0.25) is 0 Å². The van der Waals surface area contributed by atoms with E-state index in [1.807, 2.05) is 48.5 Å². The number of rotatable bonds is 13. The van der Waals surface area contributed by atoms with Gasteiger partial charge in [-0.2, -0.15) is 0 Å². The van der Waals surface area contributed by atoms with E-state index in [0.717, 1.165) is 22.3 Å². The van der Waals surface area contributed by atoms with Crippen LogP contribution >= 0.6 is 0 Å². The second-order valence-corrected chi connectivity index (χ2v) is 8.45. The number of ether oxygens (including phenoxy) is 2. The number of fused-ring (bicyclic) bond motifs is 3. The Morgan fingerprint density at radius 1 is 0.919 bits per heavy atom. The van der Waals surface area contributed by atoms with Gasteiger partial charge < -0.3 is 30.5 Å². The van der Waals surface area contributed by atoms with Gasteiger partial charge in [-0.05, 0) is 41.5 Å². The molecular formula is C27H31N3O7. The molecule has 196 valence electrons. The molecule has 2 aromatic carbocycles. The van der Waals surface area contributed by atoms with E-state index in [4.69, 9.17) is 9.47 Å². The largest absolute Gasteiger partial charge is 0.480 e. The van der Waals surface area contributed by atoms with Gasteiger partial charge in [0.1, 0.15) is 19.3 Å². The fraction of sp³-hybridized carbons (Fsp3) is 0.333. The number of hydrogen-bond donors (Lipinski definition) is 4. The summed E-state index contributed by atoms with van der Waals surface area (Å²) in [5, 5.41) is 16.8. The summed E-state index contributed by atoms with van der Waals surface area (Å²) in [5.41, 5.74) is 4.34. The maximum Gasteiger partial charge on any atom is 0.407 e. The third-order valence-electron chi connectivity index (χ3n) is 5.90. The van der Waals surface area contributed by atoms with Gasteiger partial charge in [-0.1, -0.05) is 61.2 Å². The van der Waals surface area contributed by atoms with Crippen LogP contribution in [0.4, 0.5) is 9.59 Å². The van der Waals surface area contributed by atoms with Crippen molar-refractivity contribution in [3.63, 3.8) is 0 Å². The summed E-state index contributed by atoms with van der Waals surface area (Å²) >= 11 is 0. The predicted molar refractivity (Wildman–Crippen MR) is 136 cm³/mol. The van der Waals surface area contributed by atoms with Crippen molar-refractivity contribution < 1.29 is 33.8 Å². The zero-order valence-corrected chi connectivity index (χ0v) is 20.4. The van der Waals surface area contributed by atoms with Gasteiger partial charge in [0.15, 0.2) is 0 Å². The highest BCUT2D eigenvalue weighted by Crippen LogP contribution is 2.44. The maximum absolute atomic E-state index is 12.4. The second-order valence-electron chi connectivity index (χ2n) is 8.45. The standard InChI is InChI=1S/C27H31N3O7/c1-2-15-36-26(34)29-16-24(31)28-14-8-7-13-23(25(32)33)30-27(35)37-17-22-20-11-5-3-9-18(20)19-10-4-6-12-21(19)22/h2-6,9-12,22-23H,1,7-8,13-17H2,(H,28,31)(H,29,34)(H,30,35)(H,32,33)/t23-/m0/s1. The molecule has 0 spiro atoms. The lowest BCUT2D eigenvalue weighted by molar-refractivity contribution is -0.139. The van der Waals surface area contributed by atoms with Gasteiger partial charge in [-0.3, -0.25) is 4.79 Å². The lowest BCUT2D eigenvalue weighted by Gasteiger charge is -2.17. The Morgan fingerprint density at radius 2 is 1.57 bits per heavy atom. The molecule has 1 atom stereocenters. The molecule has 0 aromatic heterocycles. The van der Waals surface area contributed by atoms with Gasteiger partial charge in [-0.15, -0.1) is 0 Å². The Kier molecular flexibility index (Phi) is 10.1. The van der Waals surface area contributed by atoms with Gasteiger partial charge in [0.05, 0.1) is 6.54 Å². The van der Waals surface area contributed by atoms with E-state index in [-0.39, 0.29) is 32.1 Å². The van der Waals surface area contributed by atoms with Gasteiger partial charge >= 0.3 is 18.2 Å². The van der Waals surface area contributed by atoms with Crippen LogP contribution in [0.15, 0.2) is 61.2 Å². The van der Waals surface area contributed by atoms with Crippen molar-refractivity contribution in [2.75, 3.05) is 26.3 Å². The number of carboxylic acids is 1. The van der Waals surface area contributed by atoms with E-state index in [9.17, 15) is 24.3 Å². The normalized spacial score (nSPS) is 12.4. The fourth-order valence-electron chi connectivity index (χ4n) is 4.14. The van der Waals surface area contributed by atoms with Crippen LogP contribution in [0.1, 0.15) is 36.3 Å². The Hall–Kier alpha value is -4.34. The molecule has 0 aliphatic heterocycles. The van der Waals surface area contributed by atoms with Crippen molar-refractivity contribution in [1.29, 1.82) is 0 Å². The van der Waals surface area contributed by atoms with Crippen molar-refractivity contribution >= 4 is 24.1 Å².